The molecule has 4 bridgehead atoms. The van der Waals surface area contributed by atoms with Crippen LogP contribution in [-0.4, -0.2) is 199 Å². The molecule has 0 radical (unpaired) electrons. The molecule has 0 saturated carbocycles. The maximum Gasteiger partial charge on any atom is 0.215 e. The van der Waals surface area contributed by atoms with Crippen LogP contribution in [0.1, 0.15) is 51.9 Å². The van der Waals surface area contributed by atoms with Crippen molar-refractivity contribution >= 4 is 0 Å². The van der Waals surface area contributed by atoms with E-state index in [-0.39, 0.29) is 19.6 Å². The fraction of sp³-hybridized carbons (Fsp3) is 1.00. The van der Waals surface area contributed by atoms with Crippen LogP contribution in [0.2, 0.25) is 0 Å². The summed E-state index contributed by atoms with van der Waals surface area (Å²) in [5.41, 5.74) is 3.57. The molecule has 52 heavy (non-hydrogen) atoms. The normalized spacial score (nSPS) is 51.9. The summed E-state index contributed by atoms with van der Waals surface area (Å²) in [6, 6.07) is 0. The number of aliphatic hydroxyl groups is 10. The summed E-state index contributed by atoms with van der Waals surface area (Å²) < 4.78 is 52.4. The van der Waals surface area contributed by atoms with Crippen LogP contribution < -0.4 is 5.73 Å². The van der Waals surface area contributed by atoms with Crippen molar-refractivity contribution in [1.82, 2.24) is 0 Å². The SMILES string of the molecule is CCCCCCCC[C@@]1(O[C@@H]2[C@H]3OC[C@@H]2O[C@@H](O[C@@H]2[C@@H](O)[C@H](O[C@@H]4[C@H]5OC[C@@H]4O[C@@H](O)[C@H]5O)O[C@H](CO)[C@H]2O)[C@H]3O)O[C@H](CO)[C@H](O)[C@H](O)[C@@]1(N)O. The van der Waals surface area contributed by atoms with Gasteiger partial charge in [-0.25, -0.2) is 0 Å². The lowest BCUT2D eigenvalue weighted by Gasteiger charge is -2.55. The highest BCUT2D eigenvalue weighted by atomic mass is 16.8. The van der Waals surface area contributed by atoms with Crippen molar-refractivity contribution in [3.63, 3.8) is 0 Å². The molecule has 6 fully saturated rings. The van der Waals surface area contributed by atoms with Crippen molar-refractivity contribution in [3.8, 4) is 0 Å². The lowest BCUT2D eigenvalue weighted by Crippen LogP contribution is -2.79. The second-order valence-electron chi connectivity index (χ2n) is 14.5. The topological polar surface area (TPSA) is 311 Å². The molecule has 20 atom stereocenters. The van der Waals surface area contributed by atoms with E-state index < -0.39 is 135 Å². The highest BCUT2D eigenvalue weighted by molar-refractivity contribution is 5.08. The van der Waals surface area contributed by atoms with Crippen molar-refractivity contribution in [3.05, 3.63) is 0 Å². The minimum absolute atomic E-state index is 0.0284. The van der Waals surface area contributed by atoms with Crippen LogP contribution in [0.3, 0.4) is 0 Å². The molecule has 0 aromatic rings. The van der Waals surface area contributed by atoms with E-state index in [4.69, 9.17) is 48.4 Å². The van der Waals surface area contributed by atoms with Crippen LogP contribution in [-0.2, 0) is 42.6 Å². The monoisotopic (exact) mass is 757 g/mol. The Bertz CT molecular complexity index is 1160. The second-order valence-corrected chi connectivity index (χ2v) is 14.5. The van der Waals surface area contributed by atoms with E-state index in [0.29, 0.717) is 12.8 Å². The van der Waals surface area contributed by atoms with Gasteiger partial charge in [0.05, 0.1) is 26.4 Å². The molecule has 0 aromatic heterocycles. The fourth-order valence-corrected chi connectivity index (χ4v) is 7.96. The van der Waals surface area contributed by atoms with Crippen LogP contribution in [0.25, 0.3) is 0 Å². The largest absolute Gasteiger partial charge is 0.394 e. The highest BCUT2D eigenvalue weighted by Gasteiger charge is 2.66. The van der Waals surface area contributed by atoms with Gasteiger partial charge in [0.1, 0.15) is 91.6 Å². The summed E-state index contributed by atoms with van der Waals surface area (Å²) in [4.78, 5) is 0. The number of nitrogens with two attached hydrogens (primary N) is 1. The van der Waals surface area contributed by atoms with E-state index in [1.54, 1.807) is 0 Å². The molecule has 6 rings (SSSR count). The molecule has 6 aliphatic heterocycles. The van der Waals surface area contributed by atoms with Gasteiger partial charge in [-0.15, -0.1) is 0 Å². The van der Waals surface area contributed by atoms with Crippen molar-refractivity contribution in [2.75, 3.05) is 26.4 Å². The molecule has 6 saturated heterocycles. The van der Waals surface area contributed by atoms with Crippen molar-refractivity contribution < 1.29 is 93.7 Å². The summed E-state index contributed by atoms with van der Waals surface area (Å²) in [6.07, 6.45) is -20.6. The van der Waals surface area contributed by atoms with E-state index in [0.717, 1.165) is 25.7 Å². The van der Waals surface area contributed by atoms with E-state index in [9.17, 15) is 51.1 Å². The van der Waals surface area contributed by atoms with E-state index in [2.05, 4.69) is 6.92 Å². The highest BCUT2D eigenvalue weighted by Crippen LogP contribution is 2.45. The number of ether oxygens (including phenoxy) is 9. The molecular weight excluding hydrogens is 702 g/mol. The zero-order chi connectivity index (χ0) is 37.5. The molecular formula is C32H55NO19. The maximum atomic E-state index is 11.5. The Morgan fingerprint density at radius 1 is 0.654 bits per heavy atom. The Hall–Kier alpha value is -0.800. The lowest BCUT2D eigenvalue weighted by molar-refractivity contribution is -0.426. The average Bonchev–Trinajstić information content (AvgIpc) is 3.61. The Kier molecular flexibility index (Phi) is 13.2. The van der Waals surface area contributed by atoms with Crippen LogP contribution in [0.4, 0.5) is 0 Å². The molecule has 0 aliphatic carbocycles. The van der Waals surface area contributed by atoms with Crippen molar-refractivity contribution in [1.29, 1.82) is 0 Å². The third-order valence-corrected chi connectivity index (χ3v) is 11.0. The van der Waals surface area contributed by atoms with Crippen molar-refractivity contribution in [2.24, 2.45) is 5.73 Å². The first-order chi connectivity index (χ1) is 24.8. The van der Waals surface area contributed by atoms with E-state index in [1.165, 1.54) is 0 Å². The molecule has 20 nitrogen and oxygen atoms in total. The quantitative estimate of drug-likeness (QED) is 0.0549. The molecule has 302 valence electrons. The molecule has 12 N–H and O–H groups in total. The second kappa shape index (κ2) is 16.7. The van der Waals surface area contributed by atoms with Gasteiger partial charge in [0, 0.05) is 6.42 Å². The Balaban J connectivity index is 1.16. The lowest BCUT2D eigenvalue weighted by atomic mass is 9.83. The predicted molar refractivity (Wildman–Crippen MR) is 167 cm³/mol. The number of aliphatic hydroxyl groups excluding tert-OH is 9. The smallest absolute Gasteiger partial charge is 0.215 e. The van der Waals surface area contributed by atoms with E-state index in [1.807, 2.05) is 0 Å². The van der Waals surface area contributed by atoms with Gasteiger partial charge >= 0.3 is 0 Å². The van der Waals surface area contributed by atoms with E-state index >= 15 is 0 Å². The Morgan fingerprint density at radius 2 is 1.25 bits per heavy atom. The van der Waals surface area contributed by atoms with Gasteiger partial charge in [-0.05, 0) is 6.42 Å². The maximum absolute atomic E-state index is 11.5. The summed E-state index contributed by atoms with van der Waals surface area (Å²) in [5, 5.41) is 107. The molecule has 0 aromatic carbocycles. The summed E-state index contributed by atoms with van der Waals surface area (Å²) >= 11 is 0. The van der Waals surface area contributed by atoms with Crippen LogP contribution in [0.15, 0.2) is 0 Å². The minimum atomic E-state index is -2.69. The first kappa shape index (κ1) is 40.9. The van der Waals surface area contributed by atoms with Gasteiger partial charge < -0.3 is 93.7 Å². The van der Waals surface area contributed by atoms with Crippen LogP contribution in [0, 0.1) is 0 Å². The van der Waals surface area contributed by atoms with Crippen LogP contribution >= 0.6 is 0 Å². The predicted octanol–water partition coefficient (Wildman–Crippen LogP) is -5.25. The Labute approximate surface area is 299 Å². The average molecular weight is 758 g/mol. The Morgan fingerprint density at radius 3 is 1.92 bits per heavy atom. The number of rotatable bonds is 15. The zero-order valence-corrected chi connectivity index (χ0v) is 28.9. The molecule has 0 spiro atoms. The van der Waals surface area contributed by atoms with Gasteiger partial charge in [-0.1, -0.05) is 39.0 Å². The summed E-state index contributed by atoms with van der Waals surface area (Å²) in [6.45, 7) is 0.437. The molecule has 0 unspecified atom stereocenters. The molecule has 20 heteroatoms. The van der Waals surface area contributed by atoms with Gasteiger partial charge in [0.15, 0.2) is 24.6 Å². The van der Waals surface area contributed by atoms with Crippen LogP contribution in [0.5, 0.6) is 0 Å². The summed E-state index contributed by atoms with van der Waals surface area (Å²) in [7, 11) is 0. The number of hydrogen-bond donors (Lipinski definition) is 11. The van der Waals surface area contributed by atoms with Gasteiger partial charge in [-0.3, -0.25) is 5.73 Å². The fourth-order valence-electron chi connectivity index (χ4n) is 7.96. The van der Waals surface area contributed by atoms with Crippen molar-refractivity contribution in [2.45, 2.75) is 174 Å². The number of unbranched alkanes of at least 4 members (excludes halogenated alkanes) is 5. The molecule has 6 heterocycles. The van der Waals surface area contributed by atoms with Gasteiger partial charge in [0.2, 0.25) is 5.79 Å². The van der Waals surface area contributed by atoms with Gasteiger partial charge in [-0.2, -0.15) is 0 Å². The standard InChI is InChI=1S/C32H55NO19/c1-2-3-4-5-6-7-8-31(32(33,43)27(41)18(37)14(10-35)51-31)52-23-16-12-45-26(23)21(40)30(48-16)50-24-17(36)13(9-34)47-29(20(24)39)49-22-15-11-44-25(22)19(38)28(42)46-15/h13-30,34-43H,2-12,33H2,1H3/t13-,14-,15+,16+,17-,18+,19+,20-,21+,22+,23+,24+,25+,26+,27+,28-,29+,30+,31+,32-/m1/s1. The summed E-state index contributed by atoms with van der Waals surface area (Å²) in [5.74, 6) is -2.20. The van der Waals surface area contributed by atoms with Gasteiger partial charge in [0.25, 0.3) is 0 Å². The third-order valence-electron chi connectivity index (χ3n) is 11.0. The zero-order valence-electron chi connectivity index (χ0n) is 28.9. The first-order valence-electron chi connectivity index (χ1n) is 18.1. The molecule has 6 aliphatic rings. The first-order valence-corrected chi connectivity index (χ1v) is 18.1. The third kappa shape index (κ3) is 7.53. The minimum Gasteiger partial charge on any atom is -0.394 e. The number of hydrogen-bond acceptors (Lipinski definition) is 20. The molecule has 0 amide bonds. The number of fused-ring (bicyclic) bond motifs is 4.